The van der Waals surface area contributed by atoms with Crippen molar-refractivity contribution in [3.05, 3.63) is 89.7 Å². The van der Waals surface area contributed by atoms with Gasteiger partial charge in [0.2, 0.25) is 0 Å². The van der Waals surface area contributed by atoms with Crippen LogP contribution in [0.2, 0.25) is 10.2 Å². The lowest BCUT2D eigenvalue weighted by molar-refractivity contribution is 0.301. The number of halogens is 1. The molecule has 4 heteroatoms. The van der Waals surface area contributed by atoms with E-state index in [4.69, 9.17) is 16.0 Å². The normalized spacial score (nSPS) is 12.1. The fourth-order valence-corrected chi connectivity index (χ4v) is 8.31. The smallest absolute Gasteiger partial charge is 0.261 e. The van der Waals surface area contributed by atoms with Crippen molar-refractivity contribution in [3.63, 3.8) is 0 Å². The Bertz CT molecular complexity index is 806. The summed E-state index contributed by atoms with van der Waals surface area (Å²) in [6.07, 6.45) is 2.64. The number of hydrogen-bond acceptors (Lipinski definition) is 2. The number of rotatable bonds is 6. The van der Waals surface area contributed by atoms with Gasteiger partial charge in [0.05, 0.1) is 0 Å². The molecule has 0 unspecified atom stereocenters. The molecule has 2 nitrogen and oxygen atoms in total. The van der Waals surface area contributed by atoms with Gasteiger partial charge in [0.1, 0.15) is 5.15 Å². The van der Waals surface area contributed by atoms with E-state index in [0.717, 1.165) is 12.0 Å². The highest BCUT2D eigenvalue weighted by Gasteiger charge is 2.49. The summed E-state index contributed by atoms with van der Waals surface area (Å²) in [5.74, 6) is 0. The predicted molar refractivity (Wildman–Crippen MR) is 117 cm³/mol. The molecule has 3 aromatic rings. The maximum atomic E-state index is 6.88. The molecule has 0 bridgehead atoms. The van der Waals surface area contributed by atoms with Crippen molar-refractivity contribution in [1.29, 1.82) is 0 Å². The summed E-state index contributed by atoms with van der Waals surface area (Å²) >= 11 is 5.90. The molecule has 0 N–H and O–H groups in total. The molecule has 0 saturated heterocycles. The van der Waals surface area contributed by atoms with Crippen LogP contribution in [-0.2, 0) is 10.8 Å². The standard InChI is InChI=1S/C23H26ClNOSi/c1-23(2,3)27(20-10-6-4-7-11-20,21-12-8-5-9-13-21)26-17-16-19-14-15-22(24)25-18-19/h4-15,18H,16-17H2,1-3H3. The molecule has 0 aliphatic rings. The average Bonchev–Trinajstić information content (AvgIpc) is 2.67. The SMILES string of the molecule is CC(C)(C)[Si](OCCc1ccc(Cl)nc1)(c1ccccc1)c1ccccc1. The van der Waals surface area contributed by atoms with Crippen LogP contribution in [0.15, 0.2) is 79.0 Å². The summed E-state index contributed by atoms with van der Waals surface area (Å²) in [5, 5.41) is 3.12. The minimum atomic E-state index is -2.46. The predicted octanol–water partition coefficient (Wildman–Crippen LogP) is 4.85. The minimum absolute atomic E-state index is 0.00600. The van der Waals surface area contributed by atoms with Gasteiger partial charge in [-0.1, -0.05) is 99.1 Å². The zero-order valence-electron chi connectivity index (χ0n) is 16.2. The number of benzene rings is 2. The molecule has 0 atom stereocenters. The van der Waals surface area contributed by atoms with E-state index in [9.17, 15) is 0 Å². The Morgan fingerprint density at radius 2 is 1.41 bits per heavy atom. The van der Waals surface area contributed by atoms with Gasteiger partial charge in [-0.25, -0.2) is 4.98 Å². The van der Waals surface area contributed by atoms with Gasteiger partial charge < -0.3 is 4.43 Å². The molecule has 27 heavy (non-hydrogen) atoms. The lowest BCUT2D eigenvalue weighted by Gasteiger charge is -2.43. The number of aromatic nitrogens is 1. The number of nitrogens with zero attached hydrogens (tertiary/aromatic N) is 1. The third kappa shape index (κ3) is 4.32. The molecule has 1 heterocycles. The van der Waals surface area contributed by atoms with Crippen molar-refractivity contribution in [1.82, 2.24) is 4.98 Å². The molecule has 0 fully saturated rings. The van der Waals surface area contributed by atoms with Gasteiger partial charge in [-0.2, -0.15) is 0 Å². The van der Waals surface area contributed by atoms with Gasteiger partial charge in [0.15, 0.2) is 0 Å². The first kappa shape index (κ1) is 19.8. The van der Waals surface area contributed by atoms with E-state index >= 15 is 0 Å². The molecule has 1 aromatic heterocycles. The van der Waals surface area contributed by atoms with Gasteiger partial charge in [0, 0.05) is 12.8 Å². The Balaban J connectivity index is 1.97. The molecule has 3 rings (SSSR count). The third-order valence-electron chi connectivity index (χ3n) is 4.91. The van der Waals surface area contributed by atoms with Gasteiger partial charge in [-0.15, -0.1) is 0 Å². The second-order valence-electron chi connectivity index (χ2n) is 7.75. The summed E-state index contributed by atoms with van der Waals surface area (Å²) in [4.78, 5) is 4.18. The van der Waals surface area contributed by atoms with Crippen molar-refractivity contribution >= 4 is 30.3 Å². The van der Waals surface area contributed by atoms with Gasteiger partial charge in [-0.05, 0) is 33.5 Å². The molecule has 0 saturated carbocycles. The molecule has 0 spiro atoms. The van der Waals surface area contributed by atoms with E-state index in [1.807, 2.05) is 18.3 Å². The summed E-state index contributed by atoms with van der Waals surface area (Å²) in [7, 11) is -2.46. The van der Waals surface area contributed by atoms with Crippen LogP contribution in [0.25, 0.3) is 0 Å². The van der Waals surface area contributed by atoms with Crippen LogP contribution in [0.5, 0.6) is 0 Å². The first-order chi connectivity index (χ1) is 12.9. The zero-order valence-corrected chi connectivity index (χ0v) is 17.9. The highest BCUT2D eigenvalue weighted by atomic mass is 35.5. The topological polar surface area (TPSA) is 22.1 Å². The van der Waals surface area contributed by atoms with Crippen LogP contribution in [0.4, 0.5) is 0 Å². The molecular formula is C23H26ClNOSi. The van der Waals surface area contributed by atoms with Crippen LogP contribution in [0.1, 0.15) is 26.3 Å². The molecule has 0 amide bonds. The van der Waals surface area contributed by atoms with Crippen molar-refractivity contribution < 1.29 is 4.43 Å². The monoisotopic (exact) mass is 395 g/mol. The van der Waals surface area contributed by atoms with Crippen LogP contribution >= 0.6 is 11.6 Å². The van der Waals surface area contributed by atoms with E-state index in [1.54, 1.807) is 0 Å². The summed E-state index contributed by atoms with van der Waals surface area (Å²) in [6.45, 7) is 7.53. The Morgan fingerprint density at radius 3 is 1.85 bits per heavy atom. The van der Waals surface area contributed by atoms with Crippen LogP contribution in [-0.4, -0.2) is 19.9 Å². The molecular weight excluding hydrogens is 370 g/mol. The first-order valence-corrected chi connectivity index (χ1v) is 11.6. The van der Waals surface area contributed by atoms with E-state index < -0.39 is 8.32 Å². The Hall–Kier alpha value is -1.94. The lowest BCUT2D eigenvalue weighted by Crippen LogP contribution is -2.66. The molecule has 0 radical (unpaired) electrons. The van der Waals surface area contributed by atoms with Gasteiger partial charge >= 0.3 is 0 Å². The average molecular weight is 396 g/mol. The van der Waals surface area contributed by atoms with Crippen LogP contribution < -0.4 is 10.4 Å². The van der Waals surface area contributed by atoms with E-state index in [-0.39, 0.29) is 5.04 Å². The van der Waals surface area contributed by atoms with Gasteiger partial charge in [0.25, 0.3) is 8.32 Å². The Kier molecular flexibility index (Phi) is 6.15. The van der Waals surface area contributed by atoms with E-state index in [0.29, 0.717) is 11.8 Å². The highest BCUT2D eigenvalue weighted by molar-refractivity contribution is 6.99. The second-order valence-corrected chi connectivity index (χ2v) is 12.4. The fourth-order valence-electron chi connectivity index (χ4n) is 3.64. The molecule has 140 valence electrons. The van der Waals surface area contributed by atoms with E-state index in [1.165, 1.54) is 10.4 Å². The maximum absolute atomic E-state index is 6.88. The zero-order chi connectivity index (χ0) is 19.3. The van der Waals surface area contributed by atoms with Crippen molar-refractivity contribution in [2.75, 3.05) is 6.61 Å². The minimum Gasteiger partial charge on any atom is -0.407 e. The summed E-state index contributed by atoms with van der Waals surface area (Å²) < 4.78 is 6.88. The number of pyridine rings is 1. The van der Waals surface area contributed by atoms with E-state index in [2.05, 4.69) is 86.4 Å². The summed E-state index contributed by atoms with van der Waals surface area (Å²) in [5.41, 5.74) is 1.14. The van der Waals surface area contributed by atoms with Crippen molar-refractivity contribution in [2.24, 2.45) is 0 Å². The quantitative estimate of drug-likeness (QED) is 0.439. The Labute approximate surface area is 168 Å². The Morgan fingerprint density at radius 1 is 0.852 bits per heavy atom. The largest absolute Gasteiger partial charge is 0.407 e. The fraction of sp³-hybridized carbons (Fsp3) is 0.261. The second kappa shape index (κ2) is 8.38. The van der Waals surface area contributed by atoms with Crippen molar-refractivity contribution in [3.8, 4) is 0 Å². The summed E-state index contributed by atoms with van der Waals surface area (Å²) in [6, 6.07) is 25.3. The molecule has 0 aliphatic heterocycles. The van der Waals surface area contributed by atoms with Gasteiger partial charge in [-0.3, -0.25) is 0 Å². The molecule has 0 aliphatic carbocycles. The maximum Gasteiger partial charge on any atom is 0.261 e. The number of hydrogen-bond donors (Lipinski definition) is 0. The lowest BCUT2D eigenvalue weighted by atomic mass is 10.2. The third-order valence-corrected chi connectivity index (χ3v) is 10.2. The first-order valence-electron chi connectivity index (χ1n) is 9.29. The molecule has 2 aromatic carbocycles. The van der Waals surface area contributed by atoms with Crippen LogP contribution in [0.3, 0.4) is 0 Å². The van der Waals surface area contributed by atoms with Crippen molar-refractivity contribution in [2.45, 2.75) is 32.2 Å². The highest BCUT2D eigenvalue weighted by Crippen LogP contribution is 2.36. The van der Waals surface area contributed by atoms with Crippen LogP contribution in [0, 0.1) is 0 Å².